The number of hydrogen-bond acceptors (Lipinski definition) is 3. The number of carbonyl (C=O) groups excluding carboxylic acids is 2. The molecule has 0 aliphatic carbocycles. The van der Waals surface area contributed by atoms with Gasteiger partial charge in [-0.05, 0) is 30.2 Å². The molecule has 2 aromatic carbocycles. The van der Waals surface area contributed by atoms with Gasteiger partial charge in [0.15, 0.2) is 0 Å². The van der Waals surface area contributed by atoms with Gasteiger partial charge in [0.1, 0.15) is 30.6 Å². The maximum Gasteiger partial charge on any atom is 0.246 e. The van der Waals surface area contributed by atoms with Crippen molar-refractivity contribution >= 4 is 11.8 Å². The molecule has 1 saturated heterocycles. The lowest BCUT2D eigenvalue weighted by molar-refractivity contribution is -0.138. The van der Waals surface area contributed by atoms with Crippen molar-refractivity contribution in [2.75, 3.05) is 0 Å². The van der Waals surface area contributed by atoms with E-state index in [0.717, 1.165) is 16.9 Å². The molecule has 0 unspecified atom stereocenters. The Hall–Kier alpha value is -2.89. The number of benzene rings is 2. The number of carbonyl (C=O) groups is 2. The van der Waals surface area contributed by atoms with Crippen LogP contribution in [0.4, 0.5) is 4.39 Å². The number of ether oxygens (including phenoxy) is 1. The molecular weight excluding hydrogens is 335 g/mol. The van der Waals surface area contributed by atoms with E-state index in [9.17, 15) is 14.0 Å². The third-order valence-corrected chi connectivity index (χ3v) is 4.28. The molecular formula is C20H21FN2O3. The summed E-state index contributed by atoms with van der Waals surface area (Å²) in [5.41, 5.74) is 1.96. The summed E-state index contributed by atoms with van der Waals surface area (Å²) in [6.45, 7) is 1.73. The lowest BCUT2D eigenvalue weighted by Crippen LogP contribution is -2.64. The monoisotopic (exact) mass is 356 g/mol. The van der Waals surface area contributed by atoms with Gasteiger partial charge in [0.2, 0.25) is 11.8 Å². The molecule has 3 rings (SSSR count). The van der Waals surface area contributed by atoms with Crippen LogP contribution in [-0.4, -0.2) is 30.1 Å². The zero-order chi connectivity index (χ0) is 18.5. The van der Waals surface area contributed by atoms with Crippen LogP contribution >= 0.6 is 0 Å². The van der Waals surface area contributed by atoms with E-state index in [4.69, 9.17) is 4.74 Å². The maximum absolute atomic E-state index is 13.3. The Bertz CT molecular complexity index is 762. The summed E-state index contributed by atoms with van der Waals surface area (Å²) >= 11 is 0. The summed E-state index contributed by atoms with van der Waals surface area (Å²) in [7, 11) is 0. The van der Waals surface area contributed by atoms with Crippen molar-refractivity contribution in [1.82, 2.24) is 10.6 Å². The number of halogens is 1. The van der Waals surface area contributed by atoms with Crippen molar-refractivity contribution in [3.8, 4) is 5.75 Å². The van der Waals surface area contributed by atoms with Crippen LogP contribution in [0.5, 0.6) is 5.75 Å². The van der Waals surface area contributed by atoms with Gasteiger partial charge >= 0.3 is 0 Å². The third kappa shape index (κ3) is 4.39. The molecule has 0 saturated carbocycles. The highest BCUT2D eigenvalue weighted by Gasteiger charge is 2.36. The van der Waals surface area contributed by atoms with E-state index in [2.05, 4.69) is 10.6 Å². The molecule has 1 aliphatic rings. The van der Waals surface area contributed by atoms with Crippen LogP contribution in [0.15, 0.2) is 54.6 Å². The summed E-state index contributed by atoms with van der Waals surface area (Å²) in [6.07, 6.45) is -1.09. The van der Waals surface area contributed by atoms with E-state index in [-0.39, 0.29) is 5.91 Å². The maximum atomic E-state index is 13.3. The van der Waals surface area contributed by atoms with E-state index in [1.807, 2.05) is 54.6 Å². The molecule has 0 bridgehead atoms. The number of alkyl halides is 1. The van der Waals surface area contributed by atoms with Crippen LogP contribution in [0.3, 0.4) is 0 Å². The van der Waals surface area contributed by atoms with Crippen LogP contribution in [0.2, 0.25) is 0 Å². The van der Waals surface area contributed by atoms with Crippen LogP contribution in [-0.2, 0) is 22.6 Å². The fourth-order valence-electron chi connectivity index (χ4n) is 2.81. The van der Waals surface area contributed by atoms with E-state index in [1.165, 1.54) is 6.92 Å². The first-order valence-corrected chi connectivity index (χ1v) is 8.53. The van der Waals surface area contributed by atoms with Gasteiger partial charge in [0, 0.05) is 6.42 Å². The predicted octanol–water partition coefficient (Wildman–Crippen LogP) is 2.15. The number of hydrogen-bond donors (Lipinski definition) is 2. The lowest BCUT2D eigenvalue weighted by Gasteiger charge is -2.30. The summed E-state index contributed by atoms with van der Waals surface area (Å²) in [6, 6.07) is 15.4. The molecule has 6 heteroatoms. The second-order valence-electron chi connectivity index (χ2n) is 6.35. The molecule has 2 amide bonds. The smallest absolute Gasteiger partial charge is 0.246 e. The summed E-state index contributed by atoms with van der Waals surface area (Å²) in [4.78, 5) is 23.9. The highest BCUT2D eigenvalue weighted by molar-refractivity contribution is 5.97. The van der Waals surface area contributed by atoms with Gasteiger partial charge in [-0.2, -0.15) is 0 Å². The largest absolute Gasteiger partial charge is 0.489 e. The lowest BCUT2D eigenvalue weighted by atomic mass is 10.0. The Morgan fingerprint density at radius 2 is 1.65 bits per heavy atom. The SMILES string of the molecule is C[C@@H](F)[C@@H]1NC(=O)[C@H](Cc2ccc(OCc3ccccc3)cc2)NC1=O. The Kier molecular flexibility index (Phi) is 5.51. The molecule has 2 N–H and O–H groups in total. The molecule has 1 heterocycles. The molecule has 1 fully saturated rings. The average Bonchev–Trinajstić information content (AvgIpc) is 2.64. The van der Waals surface area contributed by atoms with Crippen LogP contribution in [0.25, 0.3) is 0 Å². The predicted molar refractivity (Wildman–Crippen MR) is 95.4 cm³/mol. The van der Waals surface area contributed by atoms with Gasteiger partial charge in [0.05, 0.1) is 0 Å². The zero-order valence-corrected chi connectivity index (χ0v) is 14.4. The molecule has 26 heavy (non-hydrogen) atoms. The molecule has 0 spiro atoms. The van der Waals surface area contributed by atoms with Crippen molar-refractivity contribution in [3.63, 3.8) is 0 Å². The Morgan fingerprint density at radius 1 is 0.962 bits per heavy atom. The van der Waals surface area contributed by atoms with Gasteiger partial charge < -0.3 is 15.4 Å². The van der Waals surface area contributed by atoms with Crippen molar-refractivity contribution < 1.29 is 18.7 Å². The highest BCUT2D eigenvalue weighted by atomic mass is 19.1. The van der Waals surface area contributed by atoms with Crippen molar-refractivity contribution in [2.45, 2.75) is 38.2 Å². The second kappa shape index (κ2) is 7.99. The molecule has 0 radical (unpaired) electrons. The van der Waals surface area contributed by atoms with Gasteiger partial charge in [0.25, 0.3) is 0 Å². The third-order valence-electron chi connectivity index (χ3n) is 4.28. The molecule has 2 aromatic rings. The molecule has 136 valence electrons. The quantitative estimate of drug-likeness (QED) is 0.833. The Morgan fingerprint density at radius 3 is 2.31 bits per heavy atom. The average molecular weight is 356 g/mol. The highest BCUT2D eigenvalue weighted by Crippen LogP contribution is 2.16. The van der Waals surface area contributed by atoms with Crippen molar-refractivity contribution in [3.05, 3.63) is 65.7 Å². The molecule has 3 atom stereocenters. The van der Waals surface area contributed by atoms with Crippen molar-refractivity contribution in [2.24, 2.45) is 0 Å². The first-order chi connectivity index (χ1) is 12.5. The molecule has 1 aliphatic heterocycles. The normalized spacial score (nSPS) is 20.8. The van der Waals surface area contributed by atoms with Crippen LogP contribution in [0, 0.1) is 0 Å². The van der Waals surface area contributed by atoms with E-state index >= 15 is 0 Å². The van der Waals surface area contributed by atoms with Gasteiger partial charge in [-0.25, -0.2) is 4.39 Å². The number of amides is 2. The Labute approximate surface area is 151 Å². The van der Waals surface area contributed by atoms with Gasteiger partial charge in [-0.15, -0.1) is 0 Å². The fourth-order valence-corrected chi connectivity index (χ4v) is 2.81. The second-order valence-corrected chi connectivity index (χ2v) is 6.35. The number of piperazine rings is 1. The summed E-state index contributed by atoms with van der Waals surface area (Å²) in [5.74, 6) is -0.142. The zero-order valence-electron chi connectivity index (χ0n) is 14.4. The van der Waals surface area contributed by atoms with Crippen molar-refractivity contribution in [1.29, 1.82) is 0 Å². The van der Waals surface area contributed by atoms with Gasteiger partial charge in [-0.3, -0.25) is 9.59 Å². The first-order valence-electron chi connectivity index (χ1n) is 8.53. The van der Waals surface area contributed by atoms with E-state index in [1.54, 1.807) is 0 Å². The van der Waals surface area contributed by atoms with E-state index < -0.39 is 24.2 Å². The Balaban J connectivity index is 1.56. The minimum absolute atomic E-state index is 0.337. The van der Waals surface area contributed by atoms with E-state index in [0.29, 0.717) is 13.0 Å². The number of rotatable bonds is 6. The minimum Gasteiger partial charge on any atom is -0.489 e. The topological polar surface area (TPSA) is 67.4 Å². The van der Waals surface area contributed by atoms with Crippen LogP contribution in [0.1, 0.15) is 18.1 Å². The first kappa shape index (κ1) is 17.9. The minimum atomic E-state index is -1.43. The number of nitrogens with one attached hydrogen (secondary N) is 2. The summed E-state index contributed by atoms with van der Waals surface area (Å²) in [5, 5.41) is 5.02. The summed E-state index contributed by atoms with van der Waals surface area (Å²) < 4.78 is 19.0. The van der Waals surface area contributed by atoms with Gasteiger partial charge in [-0.1, -0.05) is 42.5 Å². The fraction of sp³-hybridized carbons (Fsp3) is 0.300. The van der Waals surface area contributed by atoms with Crippen LogP contribution < -0.4 is 15.4 Å². The molecule has 0 aromatic heterocycles. The molecule has 5 nitrogen and oxygen atoms in total. The standard InChI is InChI=1S/C20H21FN2O3/c1-13(21)18-20(25)22-17(19(24)23-18)11-14-7-9-16(10-8-14)26-12-15-5-3-2-4-6-15/h2-10,13,17-18H,11-12H2,1H3,(H,22,25)(H,23,24)/t13-,17+,18+/m1/s1.